The molecule has 2 aromatic heterocycles. The molecule has 2 amide bonds. The fourth-order valence-corrected chi connectivity index (χ4v) is 6.21. The summed E-state index contributed by atoms with van der Waals surface area (Å²) in [7, 11) is 1.27. The first-order valence-corrected chi connectivity index (χ1v) is 12.8. The number of phenols is 1. The number of aromatic nitrogens is 2. The third kappa shape index (κ3) is 4.34. The number of thiazole rings is 1. The highest BCUT2D eigenvalue weighted by atomic mass is 32.2. The van der Waals surface area contributed by atoms with Crippen LogP contribution in [0.4, 0.5) is 5.13 Å². The molecule has 2 aliphatic heterocycles. The van der Waals surface area contributed by atoms with Gasteiger partial charge in [-0.1, -0.05) is 11.2 Å². The normalized spacial score (nSPS) is 19.4. The van der Waals surface area contributed by atoms with Crippen molar-refractivity contribution in [2.75, 3.05) is 18.6 Å². The molecule has 0 bridgehead atoms. The number of hydrogen-bond donors (Lipinski definition) is 3. The van der Waals surface area contributed by atoms with Crippen molar-refractivity contribution in [2.45, 2.75) is 18.0 Å². The van der Waals surface area contributed by atoms with Gasteiger partial charge in [0.2, 0.25) is 5.52 Å². The van der Waals surface area contributed by atoms with E-state index in [0.717, 1.165) is 16.2 Å². The Kier molecular flexibility index (Phi) is 6.43. The summed E-state index contributed by atoms with van der Waals surface area (Å²) >= 11 is 2.44. The molecule has 5 rings (SSSR count). The monoisotopic (exact) mass is 540 g/mol. The van der Waals surface area contributed by atoms with Crippen LogP contribution in [0.25, 0.3) is 10.9 Å². The number of rotatable bonds is 7. The molecule has 1 saturated heterocycles. The number of fused-ring (bicyclic) bond motifs is 2. The number of pyridine rings is 1. The Hall–Kier alpha value is -4.17. The van der Waals surface area contributed by atoms with Gasteiger partial charge in [-0.2, -0.15) is 4.57 Å². The number of hydrogen-bond acceptors (Lipinski definition) is 11. The Bertz CT molecular complexity index is 1500. The second-order valence-electron chi connectivity index (χ2n) is 8.14. The Morgan fingerprint density at radius 2 is 2.19 bits per heavy atom. The van der Waals surface area contributed by atoms with Crippen LogP contribution in [-0.4, -0.2) is 62.8 Å². The van der Waals surface area contributed by atoms with E-state index in [2.05, 4.69) is 15.5 Å². The Balaban J connectivity index is 1.39. The topological polar surface area (TPSA) is 174 Å². The molecule has 0 aliphatic carbocycles. The van der Waals surface area contributed by atoms with Crippen LogP contribution >= 0.6 is 23.1 Å². The number of β-lactam (4-membered cyclic amide) rings is 1. The molecule has 1 unspecified atom stereocenters. The van der Waals surface area contributed by atoms with Crippen LogP contribution in [0.3, 0.4) is 0 Å². The zero-order chi connectivity index (χ0) is 26.3. The van der Waals surface area contributed by atoms with Crippen LogP contribution in [0.2, 0.25) is 0 Å². The van der Waals surface area contributed by atoms with Gasteiger partial charge in [-0.25, -0.2) is 4.98 Å². The molecule has 4 heterocycles. The van der Waals surface area contributed by atoms with E-state index < -0.39 is 29.2 Å². The number of carbonyl (C=O) groups is 3. The van der Waals surface area contributed by atoms with Crippen molar-refractivity contribution >= 4 is 62.6 Å². The van der Waals surface area contributed by atoms with Gasteiger partial charge in [0.1, 0.15) is 30.0 Å². The summed E-state index contributed by atoms with van der Waals surface area (Å²) in [6.45, 7) is 0.167. The van der Waals surface area contributed by atoms with Crippen molar-refractivity contribution in [1.82, 2.24) is 15.2 Å². The summed E-state index contributed by atoms with van der Waals surface area (Å²) < 4.78 is 1.80. The van der Waals surface area contributed by atoms with Gasteiger partial charge < -0.3 is 30.9 Å². The van der Waals surface area contributed by atoms with Crippen molar-refractivity contribution in [3.05, 3.63) is 58.9 Å². The summed E-state index contributed by atoms with van der Waals surface area (Å²) in [5, 5.41) is 30.4. The van der Waals surface area contributed by atoms with E-state index in [1.807, 2.05) is 6.07 Å². The van der Waals surface area contributed by atoms with E-state index in [-0.39, 0.29) is 40.3 Å². The highest BCUT2D eigenvalue weighted by Gasteiger charge is 2.53. The molecular formula is C23H20N6O6S2. The first kappa shape index (κ1) is 24.5. The molecule has 1 fully saturated rings. The van der Waals surface area contributed by atoms with Gasteiger partial charge >= 0.3 is 0 Å². The van der Waals surface area contributed by atoms with Crippen molar-refractivity contribution in [3.8, 4) is 5.75 Å². The van der Waals surface area contributed by atoms with Crippen LogP contribution in [-0.2, 0) is 25.8 Å². The Morgan fingerprint density at radius 3 is 2.89 bits per heavy atom. The molecule has 1 aromatic carbocycles. The molecule has 37 heavy (non-hydrogen) atoms. The van der Waals surface area contributed by atoms with E-state index in [1.54, 1.807) is 35.0 Å². The van der Waals surface area contributed by atoms with E-state index in [1.165, 1.54) is 24.3 Å². The number of anilines is 1. The van der Waals surface area contributed by atoms with Crippen LogP contribution in [0, 0.1) is 0 Å². The minimum atomic E-state index is -1.48. The predicted molar refractivity (Wildman–Crippen MR) is 133 cm³/mol. The summed E-state index contributed by atoms with van der Waals surface area (Å²) in [5.41, 5.74) is 6.63. The minimum absolute atomic E-state index is 0.104. The lowest BCUT2D eigenvalue weighted by molar-refractivity contribution is -0.663. The highest BCUT2D eigenvalue weighted by Crippen LogP contribution is 2.40. The molecule has 190 valence electrons. The third-order valence-electron chi connectivity index (χ3n) is 5.95. The van der Waals surface area contributed by atoms with Gasteiger partial charge in [-0.3, -0.25) is 14.5 Å². The van der Waals surface area contributed by atoms with Crippen molar-refractivity contribution in [2.24, 2.45) is 5.16 Å². The summed E-state index contributed by atoms with van der Waals surface area (Å²) in [4.78, 5) is 48.0. The van der Waals surface area contributed by atoms with Gasteiger partial charge in [0, 0.05) is 28.8 Å². The van der Waals surface area contributed by atoms with E-state index in [4.69, 9.17) is 10.6 Å². The summed E-state index contributed by atoms with van der Waals surface area (Å²) in [6, 6.07) is 7.60. The van der Waals surface area contributed by atoms with Gasteiger partial charge in [-0.15, -0.1) is 23.1 Å². The summed E-state index contributed by atoms with van der Waals surface area (Å²) in [6.07, 6.45) is 1.77. The lowest BCUT2D eigenvalue weighted by Crippen LogP contribution is -2.71. The maximum absolute atomic E-state index is 13.1. The van der Waals surface area contributed by atoms with Crippen molar-refractivity contribution in [1.29, 1.82) is 0 Å². The second-order valence-corrected chi connectivity index (χ2v) is 10.1. The van der Waals surface area contributed by atoms with E-state index >= 15 is 0 Å². The average molecular weight is 541 g/mol. The number of phenolic OH excluding ortho intramolecular Hbond substituents is 1. The molecule has 2 aliphatic rings. The predicted octanol–water partition coefficient (Wildman–Crippen LogP) is -0.674. The number of carbonyl (C=O) groups excluding carboxylic acids is 3. The SMILES string of the molecule is CON=C(C(=O)NC1C(=O)N2C(C(=O)[O-])=C(C[n+]3cccc4c(O)cccc43)CS[C@@H]12)c1csc(N)n1. The van der Waals surface area contributed by atoms with Crippen molar-refractivity contribution in [3.63, 3.8) is 0 Å². The first-order valence-electron chi connectivity index (χ1n) is 10.9. The molecule has 3 aromatic rings. The van der Waals surface area contributed by atoms with Gasteiger partial charge in [-0.05, 0) is 12.1 Å². The van der Waals surface area contributed by atoms with Gasteiger partial charge in [0.05, 0.1) is 17.1 Å². The average Bonchev–Trinajstić information content (AvgIpc) is 3.31. The molecule has 0 spiro atoms. The number of benzene rings is 1. The molecule has 14 heteroatoms. The quantitative estimate of drug-likeness (QED) is 0.152. The maximum Gasteiger partial charge on any atom is 0.276 e. The molecule has 4 N–H and O–H groups in total. The molecular weight excluding hydrogens is 520 g/mol. The van der Waals surface area contributed by atoms with E-state index in [0.29, 0.717) is 16.5 Å². The van der Waals surface area contributed by atoms with Crippen molar-refractivity contribution < 1.29 is 34.0 Å². The molecule has 0 radical (unpaired) electrons. The largest absolute Gasteiger partial charge is 0.543 e. The third-order valence-corrected chi connectivity index (χ3v) is 7.96. The number of carboxylic acids is 1. The number of thioether (sulfide) groups is 1. The fraction of sp³-hybridized carbons (Fsp3) is 0.217. The number of aromatic hydroxyl groups is 1. The minimum Gasteiger partial charge on any atom is -0.543 e. The van der Waals surface area contributed by atoms with Crippen LogP contribution in [0.15, 0.2) is 58.3 Å². The summed E-state index contributed by atoms with van der Waals surface area (Å²) in [5.74, 6) is -2.39. The smallest absolute Gasteiger partial charge is 0.276 e. The number of oxime groups is 1. The number of carboxylic acid groups (broad SMARTS) is 1. The van der Waals surface area contributed by atoms with Crippen LogP contribution < -0.4 is 20.7 Å². The van der Waals surface area contributed by atoms with Gasteiger partial charge in [0.25, 0.3) is 11.8 Å². The number of aliphatic carboxylic acids is 1. The van der Waals surface area contributed by atoms with E-state index in [9.17, 15) is 24.6 Å². The highest BCUT2D eigenvalue weighted by molar-refractivity contribution is 8.00. The second kappa shape index (κ2) is 9.71. The lowest BCUT2D eigenvalue weighted by atomic mass is 10.0. The number of nitrogen functional groups attached to an aromatic ring is 1. The Morgan fingerprint density at radius 1 is 1.38 bits per heavy atom. The lowest BCUT2D eigenvalue weighted by Gasteiger charge is -2.50. The first-order chi connectivity index (χ1) is 17.8. The molecule has 2 atom stereocenters. The number of nitrogens with zero attached hydrogens (tertiary/aromatic N) is 4. The maximum atomic E-state index is 13.1. The molecule has 0 saturated carbocycles. The molecule has 12 nitrogen and oxygen atoms in total. The standard InChI is InChI=1S/C23H20N6O6S2/c1-35-27-16(13-10-37-23(24)25-13)19(31)26-17-20(32)29-18(22(33)34)11(9-36-21(17)29)8-28-7-3-4-12-14(28)5-2-6-15(12)30/h2-7,10,17,21H,8-9H2,1H3,(H4,24,25,26,31,33,34)/t17?,21-/m0/s1. The Labute approximate surface area is 218 Å². The number of nitrogens with two attached hydrogens (primary N) is 1. The zero-order valence-corrected chi connectivity index (χ0v) is 20.9. The zero-order valence-electron chi connectivity index (χ0n) is 19.3. The fourth-order valence-electron chi connectivity index (χ4n) is 4.32. The van der Waals surface area contributed by atoms with Gasteiger partial charge in [0.15, 0.2) is 23.6 Å². The van der Waals surface area contributed by atoms with Crippen LogP contribution in [0.5, 0.6) is 5.75 Å². The van der Waals surface area contributed by atoms with Crippen LogP contribution in [0.1, 0.15) is 5.69 Å². The number of nitrogens with one attached hydrogen (secondary N) is 1. The number of amides is 2.